The molecule has 0 bridgehead atoms. The normalized spacial score (nSPS) is 10.5. The van der Waals surface area contributed by atoms with Gasteiger partial charge in [-0.2, -0.15) is 0 Å². The van der Waals surface area contributed by atoms with E-state index in [0.717, 1.165) is 11.3 Å². The summed E-state index contributed by atoms with van der Waals surface area (Å²) >= 11 is 1.14. The standard InChI is InChI=1S/C12H21N5O3S/c1-7(2)16-8(18)6-15-11(19)9-10(13)17-12(21-9)14-4-5-20-3/h7H,4-6,13H2,1-3H3,(H,14,17)(H,15,19)(H,16,18). The number of amides is 2. The van der Waals surface area contributed by atoms with E-state index >= 15 is 0 Å². The fourth-order valence-electron chi connectivity index (χ4n) is 1.44. The van der Waals surface area contributed by atoms with Crippen LogP contribution in [0.2, 0.25) is 0 Å². The molecule has 1 rings (SSSR count). The van der Waals surface area contributed by atoms with Crippen LogP contribution in [0.1, 0.15) is 23.5 Å². The average Bonchev–Trinajstić information content (AvgIpc) is 2.77. The minimum Gasteiger partial charge on any atom is -0.383 e. The van der Waals surface area contributed by atoms with Gasteiger partial charge in [-0.15, -0.1) is 0 Å². The Bertz CT molecular complexity index is 489. The number of hydrogen-bond donors (Lipinski definition) is 4. The van der Waals surface area contributed by atoms with E-state index in [-0.39, 0.29) is 29.2 Å². The Morgan fingerprint density at radius 3 is 2.76 bits per heavy atom. The van der Waals surface area contributed by atoms with Crippen LogP contribution in [0.5, 0.6) is 0 Å². The number of nitrogens with one attached hydrogen (secondary N) is 3. The van der Waals surface area contributed by atoms with E-state index in [1.54, 1.807) is 7.11 Å². The molecule has 0 fully saturated rings. The first kappa shape index (κ1) is 17.2. The molecule has 0 aliphatic heterocycles. The van der Waals surface area contributed by atoms with Gasteiger partial charge in [0, 0.05) is 19.7 Å². The summed E-state index contributed by atoms with van der Waals surface area (Å²) in [7, 11) is 1.60. The van der Waals surface area contributed by atoms with Crippen molar-refractivity contribution >= 4 is 34.1 Å². The van der Waals surface area contributed by atoms with Gasteiger partial charge in [0.05, 0.1) is 13.2 Å². The highest BCUT2D eigenvalue weighted by atomic mass is 32.1. The molecule has 9 heteroatoms. The maximum Gasteiger partial charge on any atom is 0.265 e. The van der Waals surface area contributed by atoms with Crippen LogP contribution >= 0.6 is 11.3 Å². The third-order valence-corrected chi connectivity index (χ3v) is 3.33. The SMILES string of the molecule is COCCNc1nc(N)c(C(=O)NCC(=O)NC(C)C)s1. The van der Waals surface area contributed by atoms with Crippen LogP contribution in [-0.4, -0.2) is 49.6 Å². The van der Waals surface area contributed by atoms with Crippen molar-refractivity contribution in [2.24, 2.45) is 0 Å². The van der Waals surface area contributed by atoms with Crippen molar-refractivity contribution < 1.29 is 14.3 Å². The van der Waals surface area contributed by atoms with Crippen molar-refractivity contribution in [3.63, 3.8) is 0 Å². The van der Waals surface area contributed by atoms with Crippen molar-refractivity contribution in [1.82, 2.24) is 15.6 Å². The highest BCUT2D eigenvalue weighted by molar-refractivity contribution is 7.18. The van der Waals surface area contributed by atoms with E-state index in [9.17, 15) is 9.59 Å². The number of nitrogens with zero attached hydrogens (tertiary/aromatic N) is 1. The number of nitrogen functional groups attached to an aromatic ring is 1. The minimum absolute atomic E-state index is 0.0273. The number of thiazole rings is 1. The number of methoxy groups -OCH3 is 1. The first-order chi connectivity index (χ1) is 9.93. The second kappa shape index (κ2) is 8.42. The molecule has 0 unspecified atom stereocenters. The Balaban J connectivity index is 2.52. The summed E-state index contributed by atoms with van der Waals surface area (Å²) in [6.07, 6.45) is 0. The van der Waals surface area contributed by atoms with Crippen molar-refractivity contribution in [2.75, 3.05) is 37.9 Å². The van der Waals surface area contributed by atoms with E-state index in [1.165, 1.54) is 0 Å². The van der Waals surface area contributed by atoms with Crippen LogP contribution in [0.3, 0.4) is 0 Å². The summed E-state index contributed by atoms with van der Waals surface area (Å²) in [5, 5.41) is 8.73. The number of carbonyl (C=O) groups is 2. The number of hydrogen-bond acceptors (Lipinski definition) is 7. The zero-order valence-electron chi connectivity index (χ0n) is 12.4. The van der Waals surface area contributed by atoms with Crippen LogP contribution in [0, 0.1) is 0 Å². The van der Waals surface area contributed by atoms with Gasteiger partial charge < -0.3 is 26.4 Å². The van der Waals surface area contributed by atoms with Gasteiger partial charge in [-0.05, 0) is 13.8 Å². The number of nitrogens with two attached hydrogens (primary N) is 1. The number of carbonyl (C=O) groups excluding carboxylic acids is 2. The smallest absolute Gasteiger partial charge is 0.265 e. The van der Waals surface area contributed by atoms with Crippen LogP contribution in [0.25, 0.3) is 0 Å². The molecule has 1 aromatic rings. The Morgan fingerprint density at radius 1 is 1.43 bits per heavy atom. The second-order valence-electron chi connectivity index (χ2n) is 4.56. The lowest BCUT2D eigenvalue weighted by molar-refractivity contribution is -0.120. The lowest BCUT2D eigenvalue weighted by Crippen LogP contribution is -2.39. The Kier molecular flexibility index (Phi) is 6.89. The second-order valence-corrected chi connectivity index (χ2v) is 5.56. The van der Waals surface area contributed by atoms with Gasteiger partial charge in [-0.25, -0.2) is 4.98 Å². The zero-order valence-corrected chi connectivity index (χ0v) is 13.2. The molecule has 0 aliphatic rings. The van der Waals surface area contributed by atoms with E-state index < -0.39 is 5.91 Å². The van der Waals surface area contributed by atoms with E-state index in [1.807, 2.05) is 13.8 Å². The summed E-state index contributed by atoms with van der Waals surface area (Å²) in [6.45, 7) is 4.69. The highest BCUT2D eigenvalue weighted by Gasteiger charge is 2.16. The molecule has 0 saturated heterocycles. The monoisotopic (exact) mass is 315 g/mol. The third kappa shape index (κ3) is 5.96. The van der Waals surface area contributed by atoms with Crippen LogP contribution < -0.4 is 21.7 Å². The molecule has 21 heavy (non-hydrogen) atoms. The van der Waals surface area contributed by atoms with Gasteiger partial charge in [0.1, 0.15) is 10.7 Å². The summed E-state index contributed by atoms with van der Waals surface area (Å²) < 4.78 is 4.90. The van der Waals surface area contributed by atoms with Crippen molar-refractivity contribution in [2.45, 2.75) is 19.9 Å². The topological polar surface area (TPSA) is 118 Å². The maximum atomic E-state index is 11.9. The Morgan fingerprint density at radius 2 is 2.14 bits per heavy atom. The quantitative estimate of drug-likeness (QED) is 0.503. The average molecular weight is 315 g/mol. The molecule has 0 saturated carbocycles. The molecule has 0 aliphatic carbocycles. The molecular weight excluding hydrogens is 294 g/mol. The number of rotatable bonds is 8. The molecule has 1 aromatic heterocycles. The number of anilines is 2. The molecule has 0 aromatic carbocycles. The Hall–Kier alpha value is -1.87. The lowest BCUT2D eigenvalue weighted by Gasteiger charge is -2.08. The number of ether oxygens (including phenoxy) is 1. The van der Waals surface area contributed by atoms with Gasteiger partial charge in [-0.3, -0.25) is 9.59 Å². The predicted octanol–water partition coefficient (Wildman–Crippen LogP) is 0.0380. The molecule has 8 nitrogen and oxygen atoms in total. The van der Waals surface area contributed by atoms with Gasteiger partial charge in [0.25, 0.3) is 5.91 Å². The molecule has 118 valence electrons. The molecule has 1 heterocycles. The Labute approximate surface area is 127 Å². The maximum absolute atomic E-state index is 11.9. The first-order valence-electron chi connectivity index (χ1n) is 6.50. The first-order valence-corrected chi connectivity index (χ1v) is 7.32. The van der Waals surface area contributed by atoms with Crippen LogP contribution in [0.4, 0.5) is 10.9 Å². The van der Waals surface area contributed by atoms with Crippen LogP contribution in [0.15, 0.2) is 0 Å². The fourth-order valence-corrected chi connectivity index (χ4v) is 2.27. The summed E-state index contributed by atoms with van der Waals surface area (Å²) in [5.74, 6) is -0.523. The van der Waals surface area contributed by atoms with Gasteiger partial charge in [-0.1, -0.05) is 11.3 Å². The van der Waals surface area contributed by atoms with Crippen molar-refractivity contribution in [3.8, 4) is 0 Å². The fraction of sp³-hybridized carbons (Fsp3) is 0.583. The number of aromatic nitrogens is 1. The summed E-state index contributed by atoms with van der Waals surface area (Å²) in [6, 6.07) is 0.0273. The van der Waals surface area contributed by atoms with Crippen molar-refractivity contribution in [1.29, 1.82) is 0 Å². The minimum atomic E-state index is -0.413. The lowest BCUT2D eigenvalue weighted by atomic mass is 10.4. The van der Waals surface area contributed by atoms with Crippen molar-refractivity contribution in [3.05, 3.63) is 4.88 Å². The van der Waals surface area contributed by atoms with E-state index in [4.69, 9.17) is 10.5 Å². The third-order valence-electron chi connectivity index (χ3n) is 2.30. The predicted molar refractivity (Wildman–Crippen MR) is 82.5 cm³/mol. The summed E-state index contributed by atoms with van der Waals surface area (Å²) in [4.78, 5) is 27.7. The van der Waals surface area contributed by atoms with E-state index in [2.05, 4.69) is 20.9 Å². The molecule has 0 atom stereocenters. The molecule has 5 N–H and O–H groups in total. The van der Waals surface area contributed by atoms with Crippen LogP contribution in [-0.2, 0) is 9.53 Å². The highest BCUT2D eigenvalue weighted by Crippen LogP contribution is 2.24. The molecule has 0 radical (unpaired) electrons. The zero-order chi connectivity index (χ0) is 15.8. The molecule has 0 spiro atoms. The molecule has 2 amide bonds. The molecular formula is C12H21N5O3S. The summed E-state index contributed by atoms with van der Waals surface area (Å²) in [5.41, 5.74) is 5.70. The largest absolute Gasteiger partial charge is 0.383 e. The van der Waals surface area contributed by atoms with Gasteiger partial charge >= 0.3 is 0 Å². The van der Waals surface area contributed by atoms with Gasteiger partial charge in [0.2, 0.25) is 5.91 Å². The van der Waals surface area contributed by atoms with Gasteiger partial charge in [0.15, 0.2) is 5.13 Å². The van der Waals surface area contributed by atoms with E-state index in [0.29, 0.717) is 18.3 Å².